The summed E-state index contributed by atoms with van der Waals surface area (Å²) in [6.45, 7) is 6.56. The molecule has 1 aromatic carbocycles. The highest BCUT2D eigenvalue weighted by molar-refractivity contribution is 5.76. The molecular formula is C53H88FNO10. The molecule has 12 heteroatoms. The summed E-state index contributed by atoms with van der Waals surface area (Å²) in [7, 11) is 0. The SMILES string of the molecule is CCCCCCCCCCCCCCCCCCCCCCCCCC(=O)N[C@H](CC1O[C@H](COC(C)=O)[C@H](OC(C)=O)[C@H](OC(C)=O)[C@H]1OC(C)=O)[C@H](F)CCCCc1ccccc1. The predicted molar refractivity (Wildman–Crippen MR) is 254 cm³/mol. The van der Waals surface area contributed by atoms with E-state index in [1.807, 2.05) is 30.3 Å². The van der Waals surface area contributed by atoms with Gasteiger partial charge in [0.05, 0.1) is 6.04 Å². The summed E-state index contributed by atoms with van der Waals surface area (Å²) in [4.78, 5) is 62.2. The smallest absolute Gasteiger partial charge is 0.303 e. The Kier molecular flexibility index (Phi) is 32.4. The lowest BCUT2D eigenvalue weighted by molar-refractivity contribution is -0.254. The number of aryl methyl sites for hydroxylation is 1. The van der Waals surface area contributed by atoms with Crippen LogP contribution in [0.25, 0.3) is 0 Å². The Labute approximate surface area is 392 Å². The Bertz CT molecular complexity index is 1430. The molecule has 7 atom stereocenters. The number of carbonyl (C=O) groups excluding carboxylic acids is 5. The van der Waals surface area contributed by atoms with Gasteiger partial charge in [0, 0.05) is 40.5 Å². The molecule has 1 fully saturated rings. The van der Waals surface area contributed by atoms with Gasteiger partial charge in [0.2, 0.25) is 5.91 Å². The Morgan fingerprint density at radius 1 is 0.554 bits per heavy atom. The van der Waals surface area contributed by atoms with Gasteiger partial charge in [0.25, 0.3) is 0 Å². The summed E-state index contributed by atoms with van der Waals surface area (Å²) in [5.74, 6) is -3.15. The number of alkyl halides is 1. The lowest BCUT2D eigenvalue weighted by Crippen LogP contribution is -2.63. The van der Waals surface area contributed by atoms with Gasteiger partial charge in [-0.05, 0) is 31.2 Å². The number of rotatable bonds is 38. The van der Waals surface area contributed by atoms with Gasteiger partial charge in [-0.1, -0.05) is 185 Å². The second-order valence-corrected chi connectivity index (χ2v) is 18.4. The number of amides is 1. The number of hydrogen-bond donors (Lipinski definition) is 1. The van der Waals surface area contributed by atoms with Crippen LogP contribution in [0.15, 0.2) is 30.3 Å². The van der Waals surface area contributed by atoms with Gasteiger partial charge in [-0.3, -0.25) is 24.0 Å². The molecule has 11 nitrogen and oxygen atoms in total. The molecule has 1 N–H and O–H groups in total. The first-order chi connectivity index (χ1) is 31.4. The minimum atomic E-state index is -1.49. The van der Waals surface area contributed by atoms with Gasteiger partial charge in [-0.25, -0.2) is 4.39 Å². The molecule has 1 amide bonds. The molecule has 0 aromatic heterocycles. The molecule has 65 heavy (non-hydrogen) atoms. The van der Waals surface area contributed by atoms with Gasteiger partial charge in [-0.15, -0.1) is 0 Å². The third-order valence-electron chi connectivity index (χ3n) is 12.4. The van der Waals surface area contributed by atoms with Crippen LogP contribution in [-0.2, 0) is 54.1 Å². The number of ether oxygens (including phenoxy) is 5. The monoisotopic (exact) mass is 918 g/mol. The highest BCUT2D eigenvalue weighted by atomic mass is 19.1. The minimum absolute atomic E-state index is 0.155. The van der Waals surface area contributed by atoms with E-state index >= 15 is 4.39 Å². The third kappa shape index (κ3) is 28.3. The summed E-state index contributed by atoms with van der Waals surface area (Å²) >= 11 is 0. The summed E-state index contributed by atoms with van der Waals surface area (Å²) in [6, 6.07) is 8.89. The molecule has 1 aliphatic heterocycles. The maximum atomic E-state index is 16.4. The van der Waals surface area contributed by atoms with E-state index in [0.29, 0.717) is 12.8 Å². The van der Waals surface area contributed by atoms with E-state index in [4.69, 9.17) is 23.7 Å². The van der Waals surface area contributed by atoms with E-state index in [1.54, 1.807) is 0 Å². The topological polar surface area (TPSA) is 144 Å². The van der Waals surface area contributed by atoms with Crippen LogP contribution >= 0.6 is 0 Å². The molecule has 1 saturated heterocycles. The number of esters is 4. The van der Waals surface area contributed by atoms with Crippen LogP contribution in [0.1, 0.15) is 220 Å². The van der Waals surface area contributed by atoms with E-state index in [0.717, 1.165) is 51.5 Å². The molecular weight excluding hydrogens is 830 g/mol. The van der Waals surface area contributed by atoms with Crippen LogP contribution in [0.5, 0.6) is 0 Å². The Balaban J connectivity index is 1.85. The maximum Gasteiger partial charge on any atom is 0.303 e. The minimum Gasteiger partial charge on any atom is -0.463 e. The summed E-state index contributed by atoms with van der Waals surface area (Å²) in [5.41, 5.74) is 1.15. The van der Waals surface area contributed by atoms with Crippen LogP contribution in [-0.4, -0.2) is 79.1 Å². The highest BCUT2D eigenvalue weighted by Crippen LogP contribution is 2.33. The fourth-order valence-corrected chi connectivity index (χ4v) is 8.92. The van der Waals surface area contributed by atoms with Gasteiger partial charge >= 0.3 is 23.9 Å². The fraction of sp³-hybridized carbons (Fsp3) is 0.792. The van der Waals surface area contributed by atoms with Crippen molar-refractivity contribution in [3.05, 3.63) is 35.9 Å². The third-order valence-corrected chi connectivity index (χ3v) is 12.4. The quantitative estimate of drug-likeness (QED) is 0.0387. The maximum absolute atomic E-state index is 16.4. The molecule has 2 rings (SSSR count). The molecule has 0 bridgehead atoms. The second-order valence-electron chi connectivity index (χ2n) is 18.4. The second kappa shape index (κ2) is 36.6. The normalized spacial score (nSPS) is 19.2. The molecule has 0 saturated carbocycles. The summed E-state index contributed by atoms with van der Waals surface area (Å²) < 4.78 is 44.6. The molecule has 1 aromatic rings. The largest absolute Gasteiger partial charge is 0.463 e. The number of hydrogen-bond acceptors (Lipinski definition) is 10. The Hall–Kier alpha value is -3.54. The van der Waals surface area contributed by atoms with Gasteiger partial charge in [0.15, 0.2) is 18.3 Å². The van der Waals surface area contributed by atoms with E-state index in [1.165, 1.54) is 136 Å². The first-order valence-corrected chi connectivity index (χ1v) is 25.7. The summed E-state index contributed by atoms with van der Waals surface area (Å²) in [6.07, 6.45) is 24.1. The first kappa shape index (κ1) is 57.6. The standard InChI is InChI=1S/C53H88FNO10/c1-6-7-8-9-10-11-12-13-14-15-16-17-18-19-20-21-22-23-24-25-26-27-31-38-50(60)55-47(46(54)37-33-32-36-45-34-29-28-30-35-45)39-48-51(62-42(3)57)53(64-44(5)59)52(63-43(4)58)49(65-48)40-61-41(2)56/h28-30,34-35,46-49,51-53H,6-27,31-33,36-40H2,1-5H3,(H,55,60)/t46-,47-,48?,49-,51+,52+,53-/m1/s1. The lowest BCUT2D eigenvalue weighted by atomic mass is 9.89. The number of halogens is 1. The van der Waals surface area contributed by atoms with Crippen molar-refractivity contribution in [2.75, 3.05) is 6.61 Å². The fourth-order valence-electron chi connectivity index (χ4n) is 8.92. The van der Waals surface area contributed by atoms with Crippen LogP contribution in [0.4, 0.5) is 4.39 Å². The number of nitrogens with one attached hydrogen (secondary N) is 1. The average Bonchev–Trinajstić information content (AvgIpc) is 3.26. The van der Waals surface area contributed by atoms with E-state index in [2.05, 4.69) is 12.2 Å². The molecule has 0 spiro atoms. The van der Waals surface area contributed by atoms with E-state index in [-0.39, 0.29) is 31.8 Å². The van der Waals surface area contributed by atoms with Crippen molar-refractivity contribution in [2.45, 2.75) is 264 Å². The van der Waals surface area contributed by atoms with Crippen LogP contribution < -0.4 is 5.32 Å². The first-order valence-electron chi connectivity index (χ1n) is 25.7. The Morgan fingerprint density at radius 2 is 0.985 bits per heavy atom. The number of carbonyl (C=O) groups is 5. The molecule has 1 unspecified atom stereocenters. The zero-order chi connectivity index (χ0) is 47.5. The van der Waals surface area contributed by atoms with Crippen molar-refractivity contribution < 1.29 is 52.0 Å². The van der Waals surface area contributed by atoms with Crippen molar-refractivity contribution in [1.82, 2.24) is 5.32 Å². The van der Waals surface area contributed by atoms with Crippen molar-refractivity contribution in [2.24, 2.45) is 0 Å². The average molecular weight is 918 g/mol. The molecule has 1 aliphatic rings. The van der Waals surface area contributed by atoms with E-state index in [9.17, 15) is 24.0 Å². The lowest BCUT2D eigenvalue weighted by Gasteiger charge is -2.45. The van der Waals surface area contributed by atoms with Crippen LogP contribution in [0.3, 0.4) is 0 Å². The molecule has 1 heterocycles. The van der Waals surface area contributed by atoms with Crippen molar-refractivity contribution in [3.63, 3.8) is 0 Å². The van der Waals surface area contributed by atoms with Crippen LogP contribution in [0.2, 0.25) is 0 Å². The molecule has 0 aliphatic carbocycles. The Morgan fingerprint density at radius 3 is 1.43 bits per heavy atom. The number of unbranched alkanes of at least 4 members (excludes halogenated alkanes) is 23. The van der Waals surface area contributed by atoms with Crippen LogP contribution in [0, 0.1) is 0 Å². The van der Waals surface area contributed by atoms with E-state index < -0.39 is 66.6 Å². The van der Waals surface area contributed by atoms with Crippen molar-refractivity contribution in [3.8, 4) is 0 Å². The highest BCUT2D eigenvalue weighted by Gasteiger charge is 2.52. The zero-order valence-electron chi connectivity index (χ0n) is 41.1. The number of benzene rings is 1. The predicted octanol–water partition coefficient (Wildman–Crippen LogP) is 12.1. The van der Waals surface area contributed by atoms with Crippen molar-refractivity contribution >= 4 is 29.8 Å². The van der Waals surface area contributed by atoms with Gasteiger partial charge in [-0.2, -0.15) is 0 Å². The molecule has 372 valence electrons. The molecule has 0 radical (unpaired) electrons. The summed E-state index contributed by atoms with van der Waals surface area (Å²) in [5, 5.41) is 2.91. The van der Waals surface area contributed by atoms with Gasteiger partial charge < -0.3 is 29.0 Å². The van der Waals surface area contributed by atoms with Gasteiger partial charge in [0.1, 0.15) is 25.0 Å². The zero-order valence-corrected chi connectivity index (χ0v) is 41.1. The van der Waals surface area contributed by atoms with Crippen molar-refractivity contribution in [1.29, 1.82) is 0 Å².